The van der Waals surface area contributed by atoms with E-state index in [4.69, 9.17) is 19.6 Å². The second-order valence-corrected chi connectivity index (χ2v) is 8.41. The SMILES string of the molecule is CCOc1cccc([C@H]2CC(=O)Nc3c2c(C)nn3-c2nc3ccc(OC)cc3s2)c1. The Morgan fingerprint density at radius 2 is 2.10 bits per heavy atom. The molecule has 0 saturated heterocycles. The zero-order valence-electron chi connectivity index (χ0n) is 17.5. The summed E-state index contributed by atoms with van der Waals surface area (Å²) in [7, 11) is 1.65. The number of hydrogen-bond acceptors (Lipinski definition) is 6. The van der Waals surface area contributed by atoms with Crippen LogP contribution < -0.4 is 14.8 Å². The molecule has 1 N–H and O–H groups in total. The van der Waals surface area contributed by atoms with E-state index in [0.29, 0.717) is 24.0 Å². The molecule has 158 valence electrons. The average Bonchev–Trinajstić information content (AvgIpc) is 3.33. The number of benzene rings is 2. The van der Waals surface area contributed by atoms with Crippen molar-refractivity contribution in [3.8, 4) is 16.6 Å². The maximum atomic E-state index is 12.7. The first kappa shape index (κ1) is 19.6. The predicted octanol–water partition coefficient (Wildman–Crippen LogP) is 4.67. The monoisotopic (exact) mass is 434 g/mol. The molecule has 8 heteroatoms. The number of aryl methyl sites for hydroxylation is 1. The Labute approximate surface area is 183 Å². The van der Waals surface area contributed by atoms with Crippen LogP contribution >= 0.6 is 11.3 Å². The van der Waals surface area contributed by atoms with Crippen molar-refractivity contribution in [1.82, 2.24) is 14.8 Å². The largest absolute Gasteiger partial charge is 0.497 e. The summed E-state index contributed by atoms with van der Waals surface area (Å²) < 4.78 is 13.7. The van der Waals surface area contributed by atoms with Crippen molar-refractivity contribution >= 4 is 33.3 Å². The zero-order chi connectivity index (χ0) is 21.5. The van der Waals surface area contributed by atoms with E-state index in [0.717, 1.165) is 38.5 Å². The Kier molecular flexibility index (Phi) is 4.86. The third-order valence-corrected chi connectivity index (χ3v) is 6.43. The normalized spacial score (nSPS) is 15.6. The van der Waals surface area contributed by atoms with Gasteiger partial charge in [0.1, 0.15) is 17.3 Å². The fourth-order valence-electron chi connectivity index (χ4n) is 4.07. The summed E-state index contributed by atoms with van der Waals surface area (Å²) >= 11 is 1.51. The summed E-state index contributed by atoms with van der Waals surface area (Å²) in [5, 5.41) is 8.49. The van der Waals surface area contributed by atoms with Gasteiger partial charge in [-0.1, -0.05) is 23.5 Å². The smallest absolute Gasteiger partial charge is 0.226 e. The van der Waals surface area contributed by atoms with Gasteiger partial charge in [-0.3, -0.25) is 4.79 Å². The Morgan fingerprint density at radius 1 is 1.23 bits per heavy atom. The number of rotatable bonds is 5. The van der Waals surface area contributed by atoms with Crippen LogP contribution in [0.1, 0.15) is 36.1 Å². The molecule has 3 heterocycles. The number of thiazole rings is 1. The molecule has 0 spiro atoms. The topological polar surface area (TPSA) is 78.3 Å². The van der Waals surface area contributed by atoms with Gasteiger partial charge in [-0.15, -0.1) is 0 Å². The van der Waals surface area contributed by atoms with E-state index in [1.54, 1.807) is 11.8 Å². The van der Waals surface area contributed by atoms with Gasteiger partial charge in [0.25, 0.3) is 0 Å². The second-order valence-electron chi connectivity index (χ2n) is 7.40. The molecule has 1 aliphatic rings. The number of carbonyl (C=O) groups is 1. The van der Waals surface area contributed by atoms with Crippen LogP contribution in [0.3, 0.4) is 0 Å². The zero-order valence-corrected chi connectivity index (χ0v) is 18.3. The van der Waals surface area contributed by atoms with E-state index in [1.807, 2.05) is 56.3 Å². The quantitative estimate of drug-likeness (QED) is 0.494. The fourth-order valence-corrected chi connectivity index (χ4v) is 5.02. The van der Waals surface area contributed by atoms with Gasteiger partial charge in [0.2, 0.25) is 11.0 Å². The van der Waals surface area contributed by atoms with Crippen LogP contribution in [0.15, 0.2) is 42.5 Å². The Hall–Kier alpha value is -3.39. The number of amides is 1. The lowest BCUT2D eigenvalue weighted by Crippen LogP contribution is -2.25. The van der Waals surface area contributed by atoms with Crippen molar-refractivity contribution < 1.29 is 14.3 Å². The van der Waals surface area contributed by atoms with Crippen LogP contribution in [0.2, 0.25) is 0 Å². The number of carbonyl (C=O) groups excluding carboxylic acids is 1. The van der Waals surface area contributed by atoms with E-state index in [9.17, 15) is 4.79 Å². The number of aromatic nitrogens is 3. The summed E-state index contributed by atoms with van der Waals surface area (Å²) in [5.41, 5.74) is 3.80. The standard InChI is InChI=1S/C23H22N4O3S/c1-4-30-16-7-5-6-14(10-16)17-12-20(28)25-22-21(17)13(2)26-27(22)23-24-18-9-8-15(29-3)11-19(18)31-23/h5-11,17H,4,12H2,1-3H3,(H,25,28)/t17-/m1/s1. The van der Waals surface area contributed by atoms with Crippen LogP contribution in [-0.4, -0.2) is 34.4 Å². The predicted molar refractivity (Wildman–Crippen MR) is 121 cm³/mol. The van der Waals surface area contributed by atoms with E-state index < -0.39 is 0 Å². The summed E-state index contributed by atoms with van der Waals surface area (Å²) in [4.78, 5) is 17.4. The average molecular weight is 435 g/mol. The van der Waals surface area contributed by atoms with Gasteiger partial charge in [-0.25, -0.2) is 4.98 Å². The second kappa shape index (κ2) is 7.70. The molecular weight excluding hydrogens is 412 g/mol. The van der Waals surface area contributed by atoms with E-state index >= 15 is 0 Å². The van der Waals surface area contributed by atoms with E-state index in [1.165, 1.54) is 11.3 Å². The van der Waals surface area contributed by atoms with Crippen molar-refractivity contribution in [2.45, 2.75) is 26.2 Å². The number of fused-ring (bicyclic) bond motifs is 2. The third-order valence-electron chi connectivity index (χ3n) is 5.44. The van der Waals surface area contributed by atoms with Gasteiger partial charge in [-0.2, -0.15) is 9.78 Å². The molecule has 5 rings (SSSR count). The van der Waals surface area contributed by atoms with E-state index in [2.05, 4.69) is 5.32 Å². The molecule has 0 aliphatic carbocycles. The maximum absolute atomic E-state index is 12.7. The van der Waals surface area contributed by atoms with Gasteiger partial charge < -0.3 is 14.8 Å². The highest BCUT2D eigenvalue weighted by molar-refractivity contribution is 7.20. The number of nitrogens with zero attached hydrogens (tertiary/aromatic N) is 3. The molecule has 0 bridgehead atoms. The number of anilines is 1. The van der Waals surface area contributed by atoms with Gasteiger partial charge >= 0.3 is 0 Å². The van der Waals surface area contributed by atoms with Gasteiger partial charge in [0, 0.05) is 17.9 Å². The highest BCUT2D eigenvalue weighted by atomic mass is 32.1. The molecule has 0 saturated carbocycles. The molecule has 0 unspecified atom stereocenters. The molecule has 4 aromatic rings. The molecule has 2 aromatic heterocycles. The van der Waals surface area contributed by atoms with Crippen LogP contribution in [0.5, 0.6) is 11.5 Å². The highest BCUT2D eigenvalue weighted by Crippen LogP contribution is 2.41. The molecule has 1 aliphatic heterocycles. The number of methoxy groups -OCH3 is 1. The molecule has 0 radical (unpaired) electrons. The van der Waals surface area contributed by atoms with Crippen LogP contribution in [0.25, 0.3) is 15.3 Å². The minimum Gasteiger partial charge on any atom is -0.497 e. The van der Waals surface area contributed by atoms with Crippen molar-refractivity contribution in [2.75, 3.05) is 19.0 Å². The van der Waals surface area contributed by atoms with E-state index in [-0.39, 0.29) is 11.8 Å². The fraction of sp³-hybridized carbons (Fsp3) is 0.261. The lowest BCUT2D eigenvalue weighted by atomic mass is 9.86. The third kappa shape index (κ3) is 3.42. The molecule has 1 atom stereocenters. The van der Waals surface area contributed by atoms with Crippen molar-refractivity contribution in [1.29, 1.82) is 0 Å². The Balaban J connectivity index is 1.61. The van der Waals surface area contributed by atoms with Crippen molar-refractivity contribution in [3.63, 3.8) is 0 Å². The number of nitrogens with one attached hydrogen (secondary N) is 1. The molecule has 0 fully saturated rings. The molecular formula is C23H22N4O3S. The lowest BCUT2D eigenvalue weighted by molar-refractivity contribution is -0.116. The number of hydrogen-bond donors (Lipinski definition) is 1. The lowest BCUT2D eigenvalue weighted by Gasteiger charge is -2.24. The van der Waals surface area contributed by atoms with Gasteiger partial charge in [-0.05, 0) is 49.7 Å². The van der Waals surface area contributed by atoms with Crippen LogP contribution in [0.4, 0.5) is 5.82 Å². The molecule has 7 nitrogen and oxygen atoms in total. The van der Waals surface area contributed by atoms with Crippen molar-refractivity contribution in [2.24, 2.45) is 0 Å². The molecule has 1 amide bonds. The Morgan fingerprint density at radius 3 is 2.90 bits per heavy atom. The minimum atomic E-state index is -0.0904. The molecule has 2 aromatic carbocycles. The van der Waals surface area contributed by atoms with Crippen LogP contribution in [-0.2, 0) is 4.79 Å². The van der Waals surface area contributed by atoms with Gasteiger partial charge in [0.05, 0.1) is 29.6 Å². The first-order chi connectivity index (χ1) is 15.1. The highest BCUT2D eigenvalue weighted by Gasteiger charge is 2.33. The summed E-state index contributed by atoms with van der Waals surface area (Å²) in [6.45, 7) is 4.53. The van der Waals surface area contributed by atoms with Crippen molar-refractivity contribution in [3.05, 3.63) is 59.3 Å². The Bertz CT molecular complexity index is 1290. The summed E-state index contributed by atoms with van der Waals surface area (Å²) in [6.07, 6.45) is 0.367. The number of ether oxygens (including phenoxy) is 2. The maximum Gasteiger partial charge on any atom is 0.226 e. The molecule has 31 heavy (non-hydrogen) atoms. The van der Waals surface area contributed by atoms with Crippen LogP contribution in [0, 0.1) is 6.92 Å². The first-order valence-corrected chi connectivity index (χ1v) is 11.0. The summed E-state index contributed by atoms with van der Waals surface area (Å²) in [5.74, 6) is 2.14. The minimum absolute atomic E-state index is 0.0387. The first-order valence-electron chi connectivity index (χ1n) is 10.1. The van der Waals surface area contributed by atoms with Gasteiger partial charge in [0.15, 0.2) is 0 Å². The summed E-state index contributed by atoms with van der Waals surface area (Å²) in [6, 6.07) is 13.7.